The molecule has 39 heavy (non-hydrogen) atoms. The molecular formula is C24H26FN7O6S. The largest absolute Gasteiger partial charge is 0.494 e. The van der Waals surface area contributed by atoms with Gasteiger partial charge in [0.2, 0.25) is 21.9 Å². The Morgan fingerprint density at radius 3 is 2.15 bits per heavy atom. The topological polar surface area (TPSA) is 152 Å². The number of halogens is 1. The van der Waals surface area contributed by atoms with E-state index >= 15 is 0 Å². The molecule has 0 aliphatic carbocycles. The average molecular weight is 560 g/mol. The summed E-state index contributed by atoms with van der Waals surface area (Å²) in [6.07, 6.45) is 0.734. The van der Waals surface area contributed by atoms with Gasteiger partial charge in [0, 0.05) is 13.2 Å². The van der Waals surface area contributed by atoms with Crippen LogP contribution >= 0.6 is 0 Å². The van der Waals surface area contributed by atoms with Crippen LogP contribution < -0.4 is 18.9 Å². The lowest BCUT2D eigenvalue weighted by Crippen LogP contribution is -2.33. The lowest BCUT2D eigenvalue weighted by molar-refractivity contribution is 0.0948. The second-order valence-electron chi connectivity index (χ2n) is 8.03. The van der Waals surface area contributed by atoms with Gasteiger partial charge in [-0.2, -0.15) is 0 Å². The monoisotopic (exact) mass is 559 g/mol. The van der Waals surface area contributed by atoms with Gasteiger partial charge in [0.05, 0.1) is 33.7 Å². The van der Waals surface area contributed by atoms with Crippen molar-refractivity contribution in [3.8, 4) is 34.6 Å². The van der Waals surface area contributed by atoms with Crippen LogP contribution in [0, 0.1) is 5.82 Å². The summed E-state index contributed by atoms with van der Waals surface area (Å²) >= 11 is 0. The summed E-state index contributed by atoms with van der Waals surface area (Å²) in [4.78, 5) is 12.2. The molecule has 1 aromatic carbocycles. The standard InChI is InChI=1S/C24H26FN7O6S/c1-14(21(38-5)22-26-12-15(25)13-27-22)39(33,34)31-24-30-29-23(16-8-6-11-19(28-16)37-4)32(24)20-17(35-2)9-7-10-18(20)36-3/h6-14,21H,1-5H3,(H,30,31)/t14-,21+/m1/s1. The third kappa shape index (κ3) is 5.58. The summed E-state index contributed by atoms with van der Waals surface area (Å²) < 4.78 is 66.1. The first kappa shape index (κ1) is 27.7. The molecule has 1 N–H and O–H groups in total. The highest BCUT2D eigenvalue weighted by Gasteiger charge is 2.35. The minimum atomic E-state index is -4.23. The van der Waals surface area contributed by atoms with E-state index in [1.54, 1.807) is 36.4 Å². The lowest BCUT2D eigenvalue weighted by atomic mass is 10.2. The van der Waals surface area contributed by atoms with Gasteiger partial charge in [-0.1, -0.05) is 12.1 Å². The number of pyridine rings is 1. The second-order valence-corrected chi connectivity index (χ2v) is 10.1. The average Bonchev–Trinajstić information content (AvgIpc) is 3.35. The van der Waals surface area contributed by atoms with Crippen LogP contribution in [0.25, 0.3) is 17.2 Å². The molecule has 0 unspecified atom stereocenters. The van der Waals surface area contributed by atoms with Gasteiger partial charge < -0.3 is 18.9 Å². The van der Waals surface area contributed by atoms with Crippen molar-refractivity contribution in [2.75, 3.05) is 33.2 Å². The molecule has 0 bridgehead atoms. The Morgan fingerprint density at radius 1 is 0.923 bits per heavy atom. The summed E-state index contributed by atoms with van der Waals surface area (Å²) in [5.74, 6) is 0.326. The molecule has 206 valence electrons. The summed E-state index contributed by atoms with van der Waals surface area (Å²) in [5, 5.41) is 7.11. The zero-order valence-corrected chi connectivity index (χ0v) is 22.5. The summed E-state index contributed by atoms with van der Waals surface area (Å²) in [5.41, 5.74) is 0.658. The van der Waals surface area contributed by atoms with E-state index in [4.69, 9.17) is 18.9 Å². The molecule has 3 aromatic heterocycles. The first-order chi connectivity index (χ1) is 18.7. The van der Waals surface area contributed by atoms with Crippen LogP contribution in [0.15, 0.2) is 48.8 Å². The summed E-state index contributed by atoms with van der Waals surface area (Å²) in [7, 11) is 1.47. The number of benzene rings is 1. The van der Waals surface area contributed by atoms with Crippen LogP contribution in [0.1, 0.15) is 18.9 Å². The molecule has 0 radical (unpaired) electrons. The predicted molar refractivity (Wildman–Crippen MR) is 138 cm³/mol. The van der Waals surface area contributed by atoms with E-state index < -0.39 is 27.2 Å². The maximum atomic E-state index is 13.6. The van der Waals surface area contributed by atoms with E-state index in [1.165, 1.54) is 39.9 Å². The fourth-order valence-electron chi connectivity index (χ4n) is 3.79. The molecule has 13 nitrogen and oxygen atoms in total. The number of sulfonamides is 1. The minimum absolute atomic E-state index is 0.00842. The molecule has 15 heteroatoms. The highest BCUT2D eigenvalue weighted by atomic mass is 32.2. The first-order valence-electron chi connectivity index (χ1n) is 11.4. The van der Waals surface area contributed by atoms with Gasteiger partial charge in [0.1, 0.15) is 34.2 Å². The lowest BCUT2D eigenvalue weighted by Gasteiger charge is -2.22. The van der Waals surface area contributed by atoms with Crippen LogP contribution in [0.3, 0.4) is 0 Å². The Hall–Kier alpha value is -4.37. The molecular weight excluding hydrogens is 533 g/mol. The number of anilines is 1. The van der Waals surface area contributed by atoms with Crippen molar-refractivity contribution in [3.05, 3.63) is 60.4 Å². The van der Waals surface area contributed by atoms with Crippen molar-refractivity contribution < 1.29 is 31.8 Å². The molecule has 0 aliphatic rings. The Morgan fingerprint density at radius 2 is 1.56 bits per heavy atom. The minimum Gasteiger partial charge on any atom is -0.494 e. The van der Waals surface area contributed by atoms with Gasteiger partial charge in [-0.05, 0) is 25.1 Å². The number of aromatic nitrogens is 6. The number of methoxy groups -OCH3 is 4. The zero-order valence-electron chi connectivity index (χ0n) is 21.7. The Bertz CT molecular complexity index is 1530. The van der Waals surface area contributed by atoms with Crippen molar-refractivity contribution >= 4 is 16.0 Å². The normalized spacial score (nSPS) is 13.0. The number of para-hydroxylation sites is 1. The van der Waals surface area contributed by atoms with E-state index in [-0.39, 0.29) is 17.6 Å². The van der Waals surface area contributed by atoms with E-state index in [0.717, 1.165) is 12.4 Å². The van der Waals surface area contributed by atoms with Crippen molar-refractivity contribution in [1.29, 1.82) is 0 Å². The molecule has 4 aromatic rings. The fraction of sp³-hybridized carbons (Fsp3) is 0.292. The highest BCUT2D eigenvalue weighted by molar-refractivity contribution is 7.93. The number of nitrogens with one attached hydrogen (secondary N) is 1. The van der Waals surface area contributed by atoms with E-state index in [1.807, 2.05) is 0 Å². The number of hydrogen-bond donors (Lipinski definition) is 1. The van der Waals surface area contributed by atoms with Crippen LogP contribution in [0.2, 0.25) is 0 Å². The molecule has 0 aliphatic heterocycles. The van der Waals surface area contributed by atoms with E-state index in [2.05, 4.69) is 29.9 Å². The zero-order chi connectivity index (χ0) is 28.2. The van der Waals surface area contributed by atoms with Gasteiger partial charge in [-0.3, -0.25) is 9.29 Å². The highest BCUT2D eigenvalue weighted by Crippen LogP contribution is 2.38. The fourth-order valence-corrected chi connectivity index (χ4v) is 4.92. The first-order valence-corrected chi connectivity index (χ1v) is 13.0. The second kappa shape index (κ2) is 11.6. The molecule has 2 atom stereocenters. The molecule has 0 spiro atoms. The maximum absolute atomic E-state index is 13.6. The van der Waals surface area contributed by atoms with Crippen LogP contribution in [-0.4, -0.2) is 71.8 Å². The number of hydrogen-bond acceptors (Lipinski definition) is 11. The van der Waals surface area contributed by atoms with E-state index in [0.29, 0.717) is 28.8 Å². The van der Waals surface area contributed by atoms with Gasteiger partial charge in [0.15, 0.2) is 17.5 Å². The smallest absolute Gasteiger partial charge is 0.243 e. The Kier molecular flexibility index (Phi) is 8.21. The molecule has 0 saturated carbocycles. The molecule has 0 saturated heterocycles. The van der Waals surface area contributed by atoms with Gasteiger partial charge in [0.25, 0.3) is 0 Å². The quantitative estimate of drug-likeness (QED) is 0.289. The van der Waals surface area contributed by atoms with Crippen LogP contribution in [0.4, 0.5) is 10.3 Å². The summed E-state index contributed by atoms with van der Waals surface area (Å²) in [6.45, 7) is 1.40. The molecule has 3 heterocycles. The summed E-state index contributed by atoms with van der Waals surface area (Å²) in [6, 6.07) is 10.1. The number of ether oxygens (including phenoxy) is 4. The van der Waals surface area contributed by atoms with E-state index in [9.17, 15) is 12.8 Å². The van der Waals surface area contributed by atoms with Gasteiger partial charge in [-0.15, -0.1) is 10.2 Å². The Labute approximate surface area is 224 Å². The third-order valence-corrected chi connectivity index (χ3v) is 7.44. The SMILES string of the molecule is COc1cccc(-c2nnc(NS(=O)(=O)[C@H](C)[C@H](OC)c3ncc(F)cn3)n2-c2c(OC)cccc2OC)n1. The van der Waals surface area contributed by atoms with Crippen molar-refractivity contribution in [2.24, 2.45) is 0 Å². The van der Waals surface area contributed by atoms with Gasteiger partial charge >= 0.3 is 0 Å². The number of nitrogens with zero attached hydrogens (tertiary/aromatic N) is 6. The van der Waals surface area contributed by atoms with Crippen molar-refractivity contribution in [1.82, 2.24) is 29.7 Å². The Balaban J connectivity index is 1.85. The predicted octanol–water partition coefficient (Wildman–Crippen LogP) is 2.80. The van der Waals surface area contributed by atoms with Crippen molar-refractivity contribution in [3.63, 3.8) is 0 Å². The van der Waals surface area contributed by atoms with Crippen LogP contribution in [0.5, 0.6) is 17.4 Å². The molecule has 0 fully saturated rings. The molecule has 0 amide bonds. The van der Waals surface area contributed by atoms with Gasteiger partial charge in [-0.25, -0.2) is 27.8 Å². The van der Waals surface area contributed by atoms with Crippen molar-refractivity contribution in [2.45, 2.75) is 18.3 Å². The third-order valence-electron chi connectivity index (χ3n) is 5.75. The molecule has 4 rings (SSSR count). The number of rotatable bonds is 11. The maximum Gasteiger partial charge on any atom is 0.243 e. The van der Waals surface area contributed by atoms with Crippen LogP contribution in [-0.2, 0) is 14.8 Å².